The van der Waals surface area contributed by atoms with Crippen molar-refractivity contribution in [3.8, 4) is 28.6 Å². The Hall–Kier alpha value is -3.39. The fourth-order valence-electron chi connectivity index (χ4n) is 3.33. The molecule has 0 fully saturated rings. The second-order valence-corrected chi connectivity index (χ2v) is 7.96. The number of hydrogen-bond acceptors (Lipinski definition) is 5. The smallest absolute Gasteiger partial charge is 0.196 e. The van der Waals surface area contributed by atoms with E-state index in [1.807, 2.05) is 47.9 Å². The summed E-state index contributed by atoms with van der Waals surface area (Å²) in [7, 11) is 3.16. The summed E-state index contributed by atoms with van der Waals surface area (Å²) in [5.41, 5.74) is 2.61. The number of benzene rings is 3. The molecule has 0 aliphatic rings. The first-order chi connectivity index (χ1) is 15.5. The van der Waals surface area contributed by atoms with Crippen LogP contribution in [0.25, 0.3) is 17.1 Å². The van der Waals surface area contributed by atoms with E-state index in [9.17, 15) is 8.78 Å². The highest BCUT2D eigenvalue weighted by Crippen LogP contribution is 2.34. The molecule has 0 saturated heterocycles. The molecule has 1 heterocycles. The molecule has 164 valence electrons. The van der Waals surface area contributed by atoms with Crippen LogP contribution in [-0.4, -0.2) is 29.0 Å². The monoisotopic (exact) mass is 453 g/mol. The van der Waals surface area contributed by atoms with Crippen molar-refractivity contribution in [2.75, 3.05) is 14.2 Å². The molecular weight excluding hydrogens is 432 g/mol. The minimum atomic E-state index is -0.586. The lowest BCUT2D eigenvalue weighted by atomic mass is 10.1. The average molecular weight is 454 g/mol. The summed E-state index contributed by atoms with van der Waals surface area (Å²) in [6.45, 7) is 1.98. The number of methoxy groups -OCH3 is 2. The summed E-state index contributed by atoms with van der Waals surface area (Å²) in [4.78, 5) is 0. The molecule has 0 amide bonds. The zero-order valence-electron chi connectivity index (χ0n) is 17.8. The molecule has 4 rings (SSSR count). The Labute approximate surface area is 189 Å². The summed E-state index contributed by atoms with van der Waals surface area (Å²) in [5.74, 6) is 0.689. The van der Waals surface area contributed by atoms with E-state index in [2.05, 4.69) is 10.2 Å². The van der Waals surface area contributed by atoms with Crippen LogP contribution in [0.5, 0.6) is 11.5 Å². The number of thioether (sulfide) groups is 1. The van der Waals surface area contributed by atoms with Crippen molar-refractivity contribution in [3.05, 3.63) is 83.4 Å². The summed E-state index contributed by atoms with van der Waals surface area (Å²) < 4.78 is 41.0. The van der Waals surface area contributed by atoms with Gasteiger partial charge in [0.2, 0.25) is 0 Å². The highest BCUT2D eigenvalue weighted by atomic mass is 32.2. The van der Waals surface area contributed by atoms with E-state index in [0.29, 0.717) is 22.5 Å². The van der Waals surface area contributed by atoms with Crippen molar-refractivity contribution in [3.63, 3.8) is 0 Å². The van der Waals surface area contributed by atoms with Crippen LogP contribution in [-0.2, 0) is 5.75 Å². The molecule has 0 spiro atoms. The summed E-state index contributed by atoms with van der Waals surface area (Å²) in [6, 6.07) is 17.1. The Morgan fingerprint density at radius 2 is 1.53 bits per heavy atom. The number of hydrogen-bond donors (Lipinski definition) is 0. The lowest BCUT2D eigenvalue weighted by Crippen LogP contribution is -2.03. The number of aryl methyl sites for hydroxylation is 1. The number of rotatable bonds is 7. The van der Waals surface area contributed by atoms with Gasteiger partial charge in [-0.3, -0.25) is 4.57 Å². The van der Waals surface area contributed by atoms with E-state index >= 15 is 0 Å². The van der Waals surface area contributed by atoms with Gasteiger partial charge in [0.15, 0.2) is 11.0 Å². The van der Waals surface area contributed by atoms with Gasteiger partial charge in [0, 0.05) is 22.9 Å². The van der Waals surface area contributed by atoms with Crippen molar-refractivity contribution in [2.45, 2.75) is 17.8 Å². The van der Waals surface area contributed by atoms with Gasteiger partial charge in [0.1, 0.15) is 23.1 Å². The highest BCUT2D eigenvalue weighted by Gasteiger charge is 2.20. The van der Waals surface area contributed by atoms with Gasteiger partial charge in [-0.2, -0.15) is 0 Å². The van der Waals surface area contributed by atoms with Gasteiger partial charge in [0.25, 0.3) is 0 Å². The zero-order valence-corrected chi connectivity index (χ0v) is 18.6. The van der Waals surface area contributed by atoms with E-state index in [1.54, 1.807) is 20.3 Å². The Morgan fingerprint density at radius 1 is 0.875 bits per heavy atom. The van der Waals surface area contributed by atoms with Crippen molar-refractivity contribution in [1.29, 1.82) is 0 Å². The maximum atomic E-state index is 14.2. The molecule has 0 aliphatic heterocycles. The first kappa shape index (κ1) is 21.8. The van der Waals surface area contributed by atoms with Gasteiger partial charge in [-0.05, 0) is 42.8 Å². The Kier molecular flexibility index (Phi) is 6.41. The van der Waals surface area contributed by atoms with Gasteiger partial charge in [0.05, 0.1) is 19.9 Å². The molecule has 0 bridgehead atoms. The van der Waals surface area contributed by atoms with Gasteiger partial charge in [-0.15, -0.1) is 10.2 Å². The van der Waals surface area contributed by atoms with Crippen LogP contribution in [0.3, 0.4) is 0 Å². The van der Waals surface area contributed by atoms with Crippen molar-refractivity contribution < 1.29 is 18.3 Å². The molecular formula is C24H21F2N3O2S. The normalized spacial score (nSPS) is 10.9. The minimum absolute atomic E-state index is 0.00133. The number of halogens is 2. The van der Waals surface area contributed by atoms with E-state index in [4.69, 9.17) is 9.47 Å². The molecule has 0 N–H and O–H groups in total. The molecule has 0 aliphatic carbocycles. The Bertz CT molecular complexity index is 1220. The quantitative estimate of drug-likeness (QED) is 0.330. The number of aromatic nitrogens is 3. The second-order valence-electron chi connectivity index (χ2n) is 7.02. The first-order valence-electron chi connectivity index (χ1n) is 9.82. The molecule has 1 aromatic heterocycles. The number of nitrogens with zero attached hydrogens (tertiary/aromatic N) is 3. The SMILES string of the molecule is COc1cc(OC)cc(-c2nnc(SCc3c(F)cccc3F)n2-c2ccccc2C)c1. The van der Waals surface area contributed by atoms with Crippen LogP contribution < -0.4 is 9.47 Å². The maximum absolute atomic E-state index is 14.2. The zero-order chi connectivity index (χ0) is 22.7. The van der Waals surface area contributed by atoms with E-state index in [1.165, 1.54) is 30.0 Å². The molecule has 0 saturated carbocycles. The fourth-order valence-corrected chi connectivity index (χ4v) is 4.29. The van der Waals surface area contributed by atoms with Crippen LogP contribution >= 0.6 is 11.8 Å². The van der Waals surface area contributed by atoms with Crippen LogP contribution in [0.4, 0.5) is 8.78 Å². The first-order valence-corrected chi connectivity index (χ1v) is 10.8. The third kappa shape index (κ3) is 4.31. The summed E-state index contributed by atoms with van der Waals surface area (Å²) in [5, 5.41) is 9.26. The van der Waals surface area contributed by atoms with Crippen LogP contribution in [0.1, 0.15) is 11.1 Å². The van der Waals surface area contributed by atoms with Gasteiger partial charge < -0.3 is 9.47 Å². The van der Waals surface area contributed by atoms with Crippen molar-refractivity contribution in [1.82, 2.24) is 14.8 Å². The molecule has 4 aromatic rings. The second kappa shape index (κ2) is 9.40. The lowest BCUT2D eigenvalue weighted by Gasteiger charge is -2.14. The number of para-hydroxylation sites is 1. The third-order valence-electron chi connectivity index (χ3n) is 5.01. The van der Waals surface area contributed by atoms with Crippen LogP contribution in [0, 0.1) is 18.6 Å². The largest absolute Gasteiger partial charge is 0.497 e. The molecule has 0 atom stereocenters. The Balaban J connectivity index is 1.82. The standard InChI is InChI=1S/C24H21F2N3O2S/c1-15-7-4-5-10-22(15)29-23(16-11-17(30-2)13-18(12-16)31-3)27-28-24(29)32-14-19-20(25)8-6-9-21(19)26/h4-13H,14H2,1-3H3. The number of ether oxygens (including phenoxy) is 2. The van der Waals surface area contributed by atoms with Gasteiger partial charge in [-0.25, -0.2) is 8.78 Å². The fraction of sp³-hybridized carbons (Fsp3) is 0.167. The predicted molar refractivity (Wildman–Crippen MR) is 121 cm³/mol. The molecule has 5 nitrogen and oxygen atoms in total. The van der Waals surface area contributed by atoms with Crippen molar-refractivity contribution in [2.24, 2.45) is 0 Å². The summed E-state index contributed by atoms with van der Waals surface area (Å²) in [6.07, 6.45) is 0. The molecule has 0 unspecified atom stereocenters. The molecule has 3 aromatic carbocycles. The van der Waals surface area contributed by atoms with Crippen LogP contribution in [0.15, 0.2) is 65.8 Å². The predicted octanol–water partition coefficient (Wildman–Crippen LogP) is 5.83. The Morgan fingerprint density at radius 3 is 2.16 bits per heavy atom. The molecule has 0 radical (unpaired) electrons. The van der Waals surface area contributed by atoms with E-state index in [-0.39, 0.29) is 11.3 Å². The van der Waals surface area contributed by atoms with Crippen molar-refractivity contribution >= 4 is 11.8 Å². The average Bonchev–Trinajstić information content (AvgIpc) is 3.22. The van der Waals surface area contributed by atoms with Gasteiger partial charge >= 0.3 is 0 Å². The molecule has 8 heteroatoms. The minimum Gasteiger partial charge on any atom is -0.497 e. The molecule has 32 heavy (non-hydrogen) atoms. The van der Waals surface area contributed by atoms with Gasteiger partial charge in [-0.1, -0.05) is 36.0 Å². The maximum Gasteiger partial charge on any atom is 0.196 e. The topological polar surface area (TPSA) is 49.2 Å². The van der Waals surface area contributed by atoms with Crippen LogP contribution in [0.2, 0.25) is 0 Å². The summed E-state index contributed by atoms with van der Waals surface area (Å²) >= 11 is 1.21. The van der Waals surface area contributed by atoms with E-state index < -0.39 is 11.6 Å². The highest BCUT2D eigenvalue weighted by molar-refractivity contribution is 7.98. The van der Waals surface area contributed by atoms with E-state index in [0.717, 1.165) is 16.8 Å². The third-order valence-corrected chi connectivity index (χ3v) is 5.96. The lowest BCUT2D eigenvalue weighted by molar-refractivity contribution is 0.394.